The summed E-state index contributed by atoms with van der Waals surface area (Å²) in [5, 5.41) is 4.11. The second-order valence-corrected chi connectivity index (χ2v) is 3.81. The molecule has 0 saturated carbocycles. The molecule has 2 heterocycles. The standard InChI is InChI=1S/C14H12N2O/c1-15-14-8-4-6-11(16-14)13-9-10-5-2-3-7-12(10)17-13/h2-9H,1H3,(H,15,16). The zero-order valence-corrected chi connectivity index (χ0v) is 9.47. The highest BCUT2D eigenvalue weighted by atomic mass is 16.3. The normalized spacial score (nSPS) is 10.6. The largest absolute Gasteiger partial charge is 0.454 e. The molecule has 84 valence electrons. The number of hydrogen-bond acceptors (Lipinski definition) is 3. The maximum Gasteiger partial charge on any atom is 0.153 e. The minimum atomic E-state index is 0.795. The monoisotopic (exact) mass is 224 g/mol. The van der Waals surface area contributed by atoms with Gasteiger partial charge in [0.25, 0.3) is 0 Å². The molecule has 3 nitrogen and oxygen atoms in total. The topological polar surface area (TPSA) is 38.1 Å². The SMILES string of the molecule is CNc1cccc(-c2cc3ccccc3o2)n1. The van der Waals surface area contributed by atoms with Crippen LogP contribution in [-0.2, 0) is 0 Å². The van der Waals surface area contributed by atoms with Crippen molar-refractivity contribution in [3.8, 4) is 11.5 Å². The van der Waals surface area contributed by atoms with Crippen LogP contribution in [0.1, 0.15) is 0 Å². The number of nitrogens with one attached hydrogen (secondary N) is 1. The third-order valence-corrected chi connectivity index (χ3v) is 2.68. The molecule has 1 N–H and O–H groups in total. The molecule has 0 aliphatic rings. The Morgan fingerprint density at radius 1 is 1.06 bits per heavy atom. The van der Waals surface area contributed by atoms with Gasteiger partial charge in [-0.2, -0.15) is 0 Å². The molecule has 0 unspecified atom stereocenters. The maximum absolute atomic E-state index is 5.76. The number of pyridine rings is 1. The average Bonchev–Trinajstić information content (AvgIpc) is 2.82. The van der Waals surface area contributed by atoms with Gasteiger partial charge in [0.2, 0.25) is 0 Å². The molecular weight excluding hydrogens is 212 g/mol. The molecule has 1 aromatic carbocycles. The molecule has 0 bridgehead atoms. The van der Waals surface area contributed by atoms with Crippen molar-refractivity contribution in [1.29, 1.82) is 0 Å². The Hall–Kier alpha value is -2.29. The van der Waals surface area contributed by atoms with Crippen molar-refractivity contribution in [2.75, 3.05) is 12.4 Å². The summed E-state index contributed by atoms with van der Waals surface area (Å²) in [6.45, 7) is 0. The lowest BCUT2D eigenvalue weighted by atomic mass is 10.2. The van der Waals surface area contributed by atoms with E-state index in [4.69, 9.17) is 4.42 Å². The fraction of sp³-hybridized carbons (Fsp3) is 0.0714. The van der Waals surface area contributed by atoms with Crippen LogP contribution >= 0.6 is 0 Å². The molecule has 0 spiro atoms. The molecule has 17 heavy (non-hydrogen) atoms. The molecule has 0 amide bonds. The van der Waals surface area contributed by atoms with Crippen molar-refractivity contribution < 1.29 is 4.42 Å². The van der Waals surface area contributed by atoms with E-state index in [1.165, 1.54) is 0 Å². The number of nitrogens with zero attached hydrogens (tertiary/aromatic N) is 1. The third kappa shape index (κ3) is 1.76. The van der Waals surface area contributed by atoms with Crippen molar-refractivity contribution in [2.45, 2.75) is 0 Å². The lowest BCUT2D eigenvalue weighted by Crippen LogP contribution is -1.92. The highest BCUT2D eigenvalue weighted by Gasteiger charge is 2.06. The van der Waals surface area contributed by atoms with Crippen LogP contribution in [0, 0.1) is 0 Å². The number of para-hydroxylation sites is 1. The van der Waals surface area contributed by atoms with Crippen LogP contribution in [0.2, 0.25) is 0 Å². The van der Waals surface area contributed by atoms with Crippen molar-refractivity contribution in [3.63, 3.8) is 0 Å². The Bertz CT molecular complexity index is 625. The molecule has 0 atom stereocenters. The maximum atomic E-state index is 5.76. The Morgan fingerprint density at radius 2 is 1.94 bits per heavy atom. The molecule has 3 aromatic rings. The summed E-state index contributed by atoms with van der Waals surface area (Å²) in [5.41, 5.74) is 1.73. The van der Waals surface area contributed by atoms with Gasteiger partial charge in [0.1, 0.15) is 17.1 Å². The van der Waals surface area contributed by atoms with Gasteiger partial charge in [0.15, 0.2) is 5.76 Å². The van der Waals surface area contributed by atoms with Gasteiger partial charge in [-0.15, -0.1) is 0 Å². The summed E-state index contributed by atoms with van der Waals surface area (Å²) in [5.74, 6) is 1.63. The van der Waals surface area contributed by atoms with E-state index in [1.807, 2.05) is 55.6 Å². The van der Waals surface area contributed by atoms with Gasteiger partial charge in [-0.05, 0) is 24.3 Å². The van der Waals surface area contributed by atoms with Gasteiger partial charge in [-0.3, -0.25) is 0 Å². The van der Waals surface area contributed by atoms with Crippen molar-refractivity contribution in [2.24, 2.45) is 0 Å². The molecular formula is C14H12N2O. The van der Waals surface area contributed by atoms with Gasteiger partial charge in [0, 0.05) is 12.4 Å². The summed E-state index contributed by atoms with van der Waals surface area (Å²) < 4.78 is 5.76. The van der Waals surface area contributed by atoms with E-state index >= 15 is 0 Å². The number of hydrogen-bond donors (Lipinski definition) is 1. The van der Waals surface area contributed by atoms with Crippen LogP contribution < -0.4 is 5.32 Å². The summed E-state index contributed by atoms with van der Waals surface area (Å²) >= 11 is 0. The fourth-order valence-electron chi connectivity index (χ4n) is 1.82. The Kier molecular flexibility index (Phi) is 2.29. The van der Waals surface area contributed by atoms with E-state index in [2.05, 4.69) is 10.3 Å². The third-order valence-electron chi connectivity index (χ3n) is 2.68. The van der Waals surface area contributed by atoms with Crippen molar-refractivity contribution in [3.05, 3.63) is 48.5 Å². The van der Waals surface area contributed by atoms with E-state index in [0.717, 1.165) is 28.2 Å². The zero-order chi connectivity index (χ0) is 11.7. The van der Waals surface area contributed by atoms with Gasteiger partial charge in [0.05, 0.1) is 0 Å². The van der Waals surface area contributed by atoms with Gasteiger partial charge in [-0.25, -0.2) is 4.98 Å². The van der Waals surface area contributed by atoms with Gasteiger partial charge < -0.3 is 9.73 Å². The average molecular weight is 224 g/mol. The number of rotatable bonds is 2. The molecule has 0 fully saturated rings. The van der Waals surface area contributed by atoms with Crippen LogP contribution in [0.5, 0.6) is 0 Å². The number of aromatic nitrogens is 1. The van der Waals surface area contributed by atoms with E-state index in [9.17, 15) is 0 Å². The first-order chi connectivity index (χ1) is 8.36. The zero-order valence-electron chi connectivity index (χ0n) is 9.47. The Balaban J connectivity index is 2.13. The van der Waals surface area contributed by atoms with Gasteiger partial charge in [-0.1, -0.05) is 24.3 Å². The molecule has 0 aliphatic heterocycles. The minimum Gasteiger partial charge on any atom is -0.454 e. The predicted molar refractivity (Wildman–Crippen MR) is 69.0 cm³/mol. The van der Waals surface area contributed by atoms with Crippen LogP contribution in [0.4, 0.5) is 5.82 Å². The van der Waals surface area contributed by atoms with E-state index in [-0.39, 0.29) is 0 Å². The molecule has 3 heteroatoms. The number of fused-ring (bicyclic) bond motifs is 1. The minimum absolute atomic E-state index is 0.795. The highest BCUT2D eigenvalue weighted by Crippen LogP contribution is 2.26. The Labute approximate surface area is 99.1 Å². The van der Waals surface area contributed by atoms with Crippen LogP contribution in [-0.4, -0.2) is 12.0 Å². The second kappa shape index (κ2) is 3.94. The highest BCUT2D eigenvalue weighted by molar-refractivity contribution is 5.82. The van der Waals surface area contributed by atoms with E-state index in [1.54, 1.807) is 0 Å². The smallest absolute Gasteiger partial charge is 0.153 e. The van der Waals surface area contributed by atoms with E-state index < -0.39 is 0 Å². The first-order valence-corrected chi connectivity index (χ1v) is 5.50. The lowest BCUT2D eigenvalue weighted by molar-refractivity contribution is 0.629. The molecule has 2 aromatic heterocycles. The first-order valence-electron chi connectivity index (χ1n) is 5.50. The fourth-order valence-corrected chi connectivity index (χ4v) is 1.82. The van der Waals surface area contributed by atoms with Crippen molar-refractivity contribution >= 4 is 16.8 Å². The molecule has 3 rings (SSSR count). The number of furan rings is 1. The number of benzene rings is 1. The van der Waals surface area contributed by atoms with Crippen LogP contribution in [0.15, 0.2) is 52.9 Å². The summed E-state index contributed by atoms with van der Waals surface area (Å²) in [6, 6.07) is 15.8. The second-order valence-electron chi connectivity index (χ2n) is 3.81. The van der Waals surface area contributed by atoms with E-state index in [0.29, 0.717) is 0 Å². The quantitative estimate of drug-likeness (QED) is 0.723. The Morgan fingerprint density at radius 3 is 2.76 bits per heavy atom. The summed E-state index contributed by atoms with van der Waals surface area (Å²) in [7, 11) is 1.85. The lowest BCUT2D eigenvalue weighted by Gasteiger charge is -2.00. The summed E-state index contributed by atoms with van der Waals surface area (Å²) in [6.07, 6.45) is 0. The first kappa shape index (κ1) is 9.90. The van der Waals surface area contributed by atoms with Crippen LogP contribution in [0.25, 0.3) is 22.4 Å². The molecule has 0 saturated heterocycles. The summed E-state index contributed by atoms with van der Waals surface area (Å²) in [4.78, 5) is 4.45. The van der Waals surface area contributed by atoms with Crippen LogP contribution in [0.3, 0.4) is 0 Å². The molecule has 0 radical (unpaired) electrons. The molecule has 0 aliphatic carbocycles. The predicted octanol–water partition coefficient (Wildman–Crippen LogP) is 3.54. The number of anilines is 1. The van der Waals surface area contributed by atoms with Crippen molar-refractivity contribution in [1.82, 2.24) is 4.98 Å². The van der Waals surface area contributed by atoms with Gasteiger partial charge >= 0.3 is 0 Å².